The van der Waals surface area contributed by atoms with Crippen molar-refractivity contribution in [2.24, 2.45) is 0 Å². The molecule has 2 aromatic carbocycles. The summed E-state index contributed by atoms with van der Waals surface area (Å²) in [7, 11) is -0.512. The first kappa shape index (κ1) is 19.0. The van der Waals surface area contributed by atoms with Gasteiger partial charge in [0, 0.05) is 26.2 Å². The van der Waals surface area contributed by atoms with Gasteiger partial charge < -0.3 is 10.1 Å². The summed E-state index contributed by atoms with van der Waals surface area (Å²) >= 11 is 0. The molecule has 0 saturated carbocycles. The van der Waals surface area contributed by atoms with Gasteiger partial charge in [0.2, 0.25) is 10.0 Å². The lowest BCUT2D eigenvalue weighted by Gasteiger charge is -2.17. The van der Waals surface area contributed by atoms with Crippen molar-refractivity contribution < 1.29 is 17.9 Å². The summed E-state index contributed by atoms with van der Waals surface area (Å²) in [6.45, 7) is 2.61. The maximum absolute atomic E-state index is 12.6. The zero-order valence-corrected chi connectivity index (χ0v) is 15.3. The minimum atomic E-state index is -3.60. The highest BCUT2D eigenvalue weighted by molar-refractivity contribution is 7.89. The molecule has 0 aromatic heterocycles. The van der Waals surface area contributed by atoms with Crippen LogP contribution in [-0.2, 0) is 16.6 Å². The maximum Gasteiger partial charge on any atom is 0.251 e. The number of hydrogen-bond acceptors (Lipinski definition) is 4. The zero-order chi connectivity index (χ0) is 18.4. The fraction of sp³-hybridized carbons (Fsp3) is 0.278. The second-order valence-corrected chi connectivity index (χ2v) is 7.49. The monoisotopic (exact) mass is 362 g/mol. The Morgan fingerprint density at radius 1 is 1.08 bits per heavy atom. The Morgan fingerprint density at radius 3 is 2.20 bits per heavy atom. The summed E-state index contributed by atoms with van der Waals surface area (Å²) in [5.41, 5.74) is 1.33. The Morgan fingerprint density at radius 2 is 1.68 bits per heavy atom. The Hall–Kier alpha value is -2.38. The quantitative estimate of drug-likeness (QED) is 0.820. The molecule has 0 bridgehead atoms. The Bertz CT molecular complexity index is 815. The molecule has 0 fully saturated rings. The lowest BCUT2D eigenvalue weighted by atomic mass is 10.1. The van der Waals surface area contributed by atoms with Gasteiger partial charge in [-0.05, 0) is 48.9 Å². The van der Waals surface area contributed by atoms with E-state index in [0.717, 1.165) is 5.56 Å². The van der Waals surface area contributed by atoms with Crippen LogP contribution < -0.4 is 10.1 Å². The van der Waals surface area contributed by atoms with Crippen LogP contribution >= 0.6 is 0 Å². The summed E-state index contributed by atoms with van der Waals surface area (Å²) in [5.74, 6) is 0.454. The third kappa shape index (κ3) is 4.58. The largest absolute Gasteiger partial charge is 0.494 e. The number of hydrogen-bond donors (Lipinski definition) is 1. The lowest BCUT2D eigenvalue weighted by Crippen LogP contribution is -2.26. The number of nitrogens with one attached hydrogen (secondary N) is 1. The summed E-state index contributed by atoms with van der Waals surface area (Å²) in [6.07, 6.45) is 0. The van der Waals surface area contributed by atoms with Crippen molar-refractivity contribution in [1.82, 2.24) is 9.62 Å². The molecule has 0 radical (unpaired) electrons. The molecule has 1 amide bonds. The van der Waals surface area contributed by atoms with Crippen LogP contribution in [-0.4, -0.2) is 39.3 Å². The predicted molar refractivity (Wildman–Crippen MR) is 96.1 cm³/mol. The third-order valence-corrected chi connectivity index (χ3v) is 5.51. The summed E-state index contributed by atoms with van der Waals surface area (Å²) in [5, 5.41) is 2.55. The Balaban J connectivity index is 2.12. The van der Waals surface area contributed by atoms with Crippen molar-refractivity contribution in [2.45, 2.75) is 18.4 Å². The van der Waals surface area contributed by atoms with Crippen LogP contribution in [0, 0.1) is 0 Å². The molecule has 0 atom stereocenters. The molecular weight excluding hydrogens is 340 g/mol. The van der Waals surface area contributed by atoms with E-state index in [0.29, 0.717) is 17.9 Å². The highest BCUT2D eigenvalue weighted by Crippen LogP contribution is 2.20. The molecule has 2 rings (SSSR count). The van der Waals surface area contributed by atoms with E-state index in [-0.39, 0.29) is 17.3 Å². The molecular formula is C18H22N2O4S. The molecule has 0 saturated heterocycles. The standard InChI is InChI=1S/C18H22N2O4S/c1-4-24-16-9-11-17(12-10-16)25(22,23)20(3)13-14-5-7-15(8-6-14)18(21)19-2/h5-12H,4,13H2,1-3H3,(H,19,21). The van der Waals surface area contributed by atoms with E-state index in [1.807, 2.05) is 6.92 Å². The number of ether oxygens (including phenoxy) is 1. The average Bonchev–Trinajstić information content (AvgIpc) is 2.62. The smallest absolute Gasteiger partial charge is 0.251 e. The number of amides is 1. The average molecular weight is 362 g/mol. The van der Waals surface area contributed by atoms with Crippen LogP contribution in [0.15, 0.2) is 53.4 Å². The van der Waals surface area contributed by atoms with Gasteiger partial charge in [0.25, 0.3) is 5.91 Å². The molecule has 0 unspecified atom stereocenters. The lowest BCUT2D eigenvalue weighted by molar-refractivity contribution is 0.0963. The Labute approximate surface area is 148 Å². The van der Waals surface area contributed by atoms with Crippen LogP contribution in [0.25, 0.3) is 0 Å². The molecule has 0 aliphatic rings. The Kier molecular flexibility index (Phi) is 6.17. The maximum atomic E-state index is 12.6. The first-order valence-electron chi connectivity index (χ1n) is 7.88. The van der Waals surface area contributed by atoms with E-state index < -0.39 is 10.0 Å². The molecule has 7 heteroatoms. The summed E-state index contributed by atoms with van der Waals surface area (Å²) in [4.78, 5) is 11.7. The van der Waals surface area contributed by atoms with E-state index >= 15 is 0 Å². The van der Waals surface area contributed by atoms with Crippen LogP contribution in [0.1, 0.15) is 22.8 Å². The molecule has 0 spiro atoms. The van der Waals surface area contributed by atoms with Gasteiger partial charge in [-0.2, -0.15) is 4.31 Å². The van der Waals surface area contributed by atoms with E-state index in [1.165, 1.54) is 23.5 Å². The van der Waals surface area contributed by atoms with Crippen molar-refractivity contribution in [3.8, 4) is 5.75 Å². The van der Waals surface area contributed by atoms with Crippen LogP contribution in [0.4, 0.5) is 0 Å². The highest BCUT2D eigenvalue weighted by Gasteiger charge is 2.21. The number of rotatable bonds is 7. The minimum Gasteiger partial charge on any atom is -0.494 e. The van der Waals surface area contributed by atoms with Gasteiger partial charge in [-0.3, -0.25) is 4.79 Å². The fourth-order valence-electron chi connectivity index (χ4n) is 2.30. The van der Waals surface area contributed by atoms with E-state index in [4.69, 9.17) is 4.74 Å². The van der Waals surface area contributed by atoms with Gasteiger partial charge in [-0.25, -0.2) is 8.42 Å². The van der Waals surface area contributed by atoms with Crippen LogP contribution in [0.2, 0.25) is 0 Å². The number of carbonyl (C=O) groups excluding carboxylic acids is 1. The van der Waals surface area contributed by atoms with Crippen LogP contribution in [0.3, 0.4) is 0 Å². The number of benzene rings is 2. The molecule has 0 aliphatic carbocycles. The molecule has 6 nitrogen and oxygen atoms in total. The second kappa shape index (κ2) is 8.13. The minimum absolute atomic E-state index is 0.179. The van der Waals surface area contributed by atoms with Gasteiger partial charge in [0.1, 0.15) is 5.75 Å². The van der Waals surface area contributed by atoms with E-state index in [1.54, 1.807) is 43.4 Å². The molecule has 0 aliphatic heterocycles. The van der Waals surface area contributed by atoms with Crippen LogP contribution in [0.5, 0.6) is 5.75 Å². The van der Waals surface area contributed by atoms with Crippen molar-refractivity contribution >= 4 is 15.9 Å². The highest BCUT2D eigenvalue weighted by atomic mass is 32.2. The molecule has 0 heterocycles. The zero-order valence-electron chi connectivity index (χ0n) is 14.5. The first-order valence-corrected chi connectivity index (χ1v) is 9.32. The fourth-order valence-corrected chi connectivity index (χ4v) is 3.46. The SMILES string of the molecule is CCOc1ccc(S(=O)(=O)N(C)Cc2ccc(C(=O)NC)cc2)cc1. The van der Waals surface area contributed by atoms with Gasteiger partial charge in [0.15, 0.2) is 0 Å². The molecule has 25 heavy (non-hydrogen) atoms. The van der Waals surface area contributed by atoms with Crippen molar-refractivity contribution in [3.05, 3.63) is 59.7 Å². The molecule has 2 aromatic rings. The van der Waals surface area contributed by atoms with Crippen molar-refractivity contribution in [3.63, 3.8) is 0 Å². The topological polar surface area (TPSA) is 75.7 Å². The second-order valence-electron chi connectivity index (χ2n) is 5.44. The van der Waals surface area contributed by atoms with Gasteiger partial charge in [0.05, 0.1) is 11.5 Å². The van der Waals surface area contributed by atoms with Gasteiger partial charge >= 0.3 is 0 Å². The number of nitrogens with zero attached hydrogens (tertiary/aromatic N) is 1. The van der Waals surface area contributed by atoms with Crippen molar-refractivity contribution in [2.75, 3.05) is 20.7 Å². The first-order chi connectivity index (χ1) is 11.9. The van der Waals surface area contributed by atoms with E-state index in [2.05, 4.69) is 5.32 Å². The normalized spacial score (nSPS) is 11.4. The summed E-state index contributed by atoms with van der Waals surface area (Å²) < 4.78 is 31.9. The number of carbonyl (C=O) groups is 1. The van der Waals surface area contributed by atoms with Crippen molar-refractivity contribution in [1.29, 1.82) is 0 Å². The molecule has 1 N–H and O–H groups in total. The van der Waals surface area contributed by atoms with Gasteiger partial charge in [-0.15, -0.1) is 0 Å². The number of sulfonamides is 1. The van der Waals surface area contributed by atoms with E-state index in [9.17, 15) is 13.2 Å². The predicted octanol–water partition coefficient (Wildman–Crippen LogP) is 2.27. The summed E-state index contributed by atoms with van der Waals surface area (Å²) in [6, 6.07) is 13.2. The van der Waals surface area contributed by atoms with Gasteiger partial charge in [-0.1, -0.05) is 12.1 Å². The third-order valence-electron chi connectivity index (χ3n) is 3.69. The molecule has 134 valence electrons.